The van der Waals surface area contributed by atoms with Gasteiger partial charge < -0.3 is 20.8 Å². The maximum atomic E-state index is 13.5. The van der Waals surface area contributed by atoms with E-state index in [1.54, 1.807) is 47.4 Å². The van der Waals surface area contributed by atoms with Crippen molar-refractivity contribution < 1.29 is 24.6 Å². The molecule has 0 bridgehead atoms. The Morgan fingerprint density at radius 3 is 2.17 bits per heavy atom. The third kappa shape index (κ3) is 8.82. The molecule has 8 nitrogen and oxygen atoms in total. The molecule has 4 N–H and O–H groups in total. The molecule has 0 heterocycles. The number of carboxylic acid groups (broad SMARTS) is 1. The zero-order valence-electron chi connectivity index (χ0n) is 21.6. The van der Waals surface area contributed by atoms with Gasteiger partial charge in [-0.05, 0) is 84.8 Å². The zero-order valence-corrected chi connectivity index (χ0v) is 23.1. The summed E-state index contributed by atoms with van der Waals surface area (Å²) in [4.78, 5) is 38.2. The first kappa shape index (κ1) is 31.7. The number of allylic oxidation sites excluding steroid dienone is 2. The molecule has 0 radical (unpaired) electrons. The molecule has 3 aromatic rings. The van der Waals surface area contributed by atoms with Crippen LogP contribution >= 0.6 is 23.2 Å². The van der Waals surface area contributed by atoms with Gasteiger partial charge in [-0.1, -0.05) is 61.0 Å². The Hall–Kier alpha value is -3.85. The van der Waals surface area contributed by atoms with E-state index in [4.69, 9.17) is 28.3 Å². The van der Waals surface area contributed by atoms with E-state index in [9.17, 15) is 19.5 Å². The van der Waals surface area contributed by atoms with Crippen LogP contribution in [0.4, 0.5) is 16.2 Å². The monoisotopic (exact) mass is 597 g/mol. The van der Waals surface area contributed by atoms with E-state index >= 15 is 0 Å². The number of rotatable bonds is 9. The molecule has 41 heavy (non-hydrogen) atoms. The lowest BCUT2D eigenvalue weighted by Crippen LogP contribution is -2.36. The molecule has 1 aliphatic rings. The van der Waals surface area contributed by atoms with Gasteiger partial charge in [0.2, 0.25) is 0 Å². The number of aliphatic hydroxyl groups excluding tert-OH is 1. The van der Waals surface area contributed by atoms with Crippen LogP contribution in [-0.2, 0) is 11.3 Å². The zero-order chi connectivity index (χ0) is 28.6. The van der Waals surface area contributed by atoms with Crippen LogP contribution in [0.5, 0.6) is 0 Å². The molecular formula is C31H33Cl2N3O5. The van der Waals surface area contributed by atoms with Gasteiger partial charge in [0.1, 0.15) is 0 Å². The van der Waals surface area contributed by atoms with Gasteiger partial charge in [0, 0.05) is 27.0 Å². The van der Waals surface area contributed by atoms with Crippen LogP contribution in [0.15, 0.2) is 72.8 Å². The third-order valence-electron chi connectivity index (χ3n) is 6.50. The van der Waals surface area contributed by atoms with Crippen molar-refractivity contribution in [3.8, 4) is 0 Å². The maximum Gasteiger partial charge on any atom is 0.334 e. The Kier molecular flexibility index (Phi) is 11.3. The summed E-state index contributed by atoms with van der Waals surface area (Å²) < 4.78 is 0. The maximum absolute atomic E-state index is 13.5. The normalized spacial score (nSPS) is 13.3. The minimum absolute atomic E-state index is 0. The van der Waals surface area contributed by atoms with Crippen LogP contribution < -0.4 is 15.5 Å². The number of carbonyl (C=O) groups is 3. The Morgan fingerprint density at radius 2 is 1.59 bits per heavy atom. The Morgan fingerprint density at radius 1 is 0.927 bits per heavy atom. The number of amides is 3. The van der Waals surface area contributed by atoms with E-state index in [2.05, 4.69) is 16.7 Å². The second kappa shape index (κ2) is 14.7. The summed E-state index contributed by atoms with van der Waals surface area (Å²) in [5.41, 5.74) is 4.61. The SMILES string of the molecule is C.O=C(NC[C@@H](O)C(=O)O)c1ccc(CN(C(=O)Nc2cc(Cl)cc(Cl)c2)c2ccc(C3=CCCCC3)cc2)cc1. The number of aliphatic carboxylic acids is 1. The van der Waals surface area contributed by atoms with E-state index in [0.29, 0.717) is 21.4 Å². The minimum atomic E-state index is -1.69. The number of aliphatic hydroxyl groups is 1. The molecule has 0 aromatic heterocycles. The highest BCUT2D eigenvalue weighted by Gasteiger charge is 2.19. The van der Waals surface area contributed by atoms with Crippen LogP contribution in [-0.4, -0.2) is 40.8 Å². The number of hydrogen-bond acceptors (Lipinski definition) is 4. The smallest absolute Gasteiger partial charge is 0.334 e. The molecule has 0 saturated carbocycles. The van der Waals surface area contributed by atoms with Crippen LogP contribution in [0.2, 0.25) is 10.0 Å². The van der Waals surface area contributed by atoms with Crippen molar-refractivity contribution in [2.75, 3.05) is 16.8 Å². The first-order valence-corrected chi connectivity index (χ1v) is 13.6. The van der Waals surface area contributed by atoms with E-state index in [-0.39, 0.29) is 19.5 Å². The first-order chi connectivity index (χ1) is 19.2. The van der Waals surface area contributed by atoms with Crippen LogP contribution in [0.25, 0.3) is 5.57 Å². The standard InChI is InChI=1S/C30H29Cl2N3O5.CH4/c31-23-14-24(32)16-25(15-23)34-30(40)35(26-12-10-21(11-13-26)20-4-2-1-3-5-20)18-19-6-8-22(9-7-19)28(37)33-17-27(36)29(38)39;/h4,6-16,27,36H,1-3,5,17-18H2,(H,33,37)(H,34,40)(H,38,39);1H4/t27-;/m1./s1. The first-order valence-electron chi connectivity index (χ1n) is 12.8. The average Bonchev–Trinajstić information content (AvgIpc) is 2.94. The van der Waals surface area contributed by atoms with Crippen molar-refractivity contribution in [1.29, 1.82) is 0 Å². The molecule has 10 heteroatoms. The number of halogens is 2. The number of carboxylic acids is 1. The summed E-state index contributed by atoms with van der Waals surface area (Å²) in [6.07, 6.45) is 5.06. The average molecular weight is 599 g/mol. The number of urea groups is 1. The molecule has 1 atom stereocenters. The van der Waals surface area contributed by atoms with Crippen LogP contribution in [0.3, 0.4) is 0 Å². The van der Waals surface area contributed by atoms with Gasteiger partial charge in [-0.15, -0.1) is 0 Å². The van der Waals surface area contributed by atoms with Gasteiger partial charge in [-0.3, -0.25) is 9.69 Å². The lowest BCUT2D eigenvalue weighted by Gasteiger charge is -2.24. The van der Waals surface area contributed by atoms with Crippen LogP contribution in [0, 0.1) is 0 Å². The van der Waals surface area contributed by atoms with Gasteiger partial charge >= 0.3 is 12.0 Å². The Labute approximate surface area is 249 Å². The lowest BCUT2D eigenvalue weighted by molar-refractivity contribution is -0.146. The Balaban J connectivity index is 0.00000462. The molecule has 0 unspecified atom stereocenters. The van der Waals surface area contributed by atoms with Gasteiger partial charge in [-0.25, -0.2) is 9.59 Å². The van der Waals surface area contributed by atoms with Gasteiger partial charge in [0.25, 0.3) is 5.91 Å². The fourth-order valence-electron chi connectivity index (χ4n) is 4.38. The molecule has 0 fully saturated rings. The number of carbonyl (C=O) groups excluding carboxylic acids is 2. The highest BCUT2D eigenvalue weighted by Crippen LogP contribution is 2.29. The number of nitrogens with one attached hydrogen (secondary N) is 2. The molecule has 0 aliphatic heterocycles. The molecule has 3 amide bonds. The number of nitrogens with zero attached hydrogens (tertiary/aromatic N) is 1. The third-order valence-corrected chi connectivity index (χ3v) is 6.93. The summed E-state index contributed by atoms with van der Waals surface area (Å²) >= 11 is 12.2. The van der Waals surface area contributed by atoms with Crippen molar-refractivity contribution in [2.45, 2.75) is 45.8 Å². The van der Waals surface area contributed by atoms with Crippen molar-refractivity contribution in [3.05, 3.63) is 99.5 Å². The summed E-state index contributed by atoms with van der Waals surface area (Å²) in [5, 5.41) is 24.2. The fraction of sp³-hybridized carbons (Fsp3) is 0.258. The molecule has 0 saturated heterocycles. The van der Waals surface area contributed by atoms with E-state index in [1.165, 1.54) is 18.4 Å². The topological polar surface area (TPSA) is 119 Å². The summed E-state index contributed by atoms with van der Waals surface area (Å²) in [6, 6.07) is 18.8. The summed E-state index contributed by atoms with van der Waals surface area (Å²) in [5.74, 6) is -1.94. The highest BCUT2D eigenvalue weighted by atomic mass is 35.5. The van der Waals surface area contributed by atoms with Crippen molar-refractivity contribution in [3.63, 3.8) is 0 Å². The highest BCUT2D eigenvalue weighted by molar-refractivity contribution is 6.35. The quantitative estimate of drug-likeness (QED) is 0.212. The predicted octanol–water partition coefficient (Wildman–Crippen LogP) is 7.00. The van der Waals surface area contributed by atoms with E-state index in [1.807, 2.05) is 24.3 Å². The molecule has 3 aromatic carbocycles. The lowest BCUT2D eigenvalue weighted by atomic mass is 9.93. The second-order valence-electron chi connectivity index (χ2n) is 9.46. The molecule has 1 aliphatic carbocycles. The van der Waals surface area contributed by atoms with Gasteiger partial charge in [0.05, 0.1) is 13.1 Å². The summed E-state index contributed by atoms with van der Waals surface area (Å²) in [7, 11) is 0. The van der Waals surface area contributed by atoms with E-state index in [0.717, 1.165) is 24.0 Å². The molecule has 216 valence electrons. The Bertz CT molecular complexity index is 1390. The second-order valence-corrected chi connectivity index (χ2v) is 10.3. The van der Waals surface area contributed by atoms with Crippen molar-refractivity contribution in [1.82, 2.24) is 5.32 Å². The van der Waals surface area contributed by atoms with Gasteiger partial charge in [0.15, 0.2) is 6.10 Å². The van der Waals surface area contributed by atoms with Crippen molar-refractivity contribution in [2.24, 2.45) is 0 Å². The van der Waals surface area contributed by atoms with Crippen LogP contribution in [0.1, 0.15) is 54.6 Å². The van der Waals surface area contributed by atoms with Crippen molar-refractivity contribution >= 4 is 58.1 Å². The number of anilines is 2. The molecular weight excluding hydrogens is 565 g/mol. The largest absolute Gasteiger partial charge is 0.479 e. The molecule has 4 rings (SSSR count). The fourth-order valence-corrected chi connectivity index (χ4v) is 4.90. The number of hydrogen-bond donors (Lipinski definition) is 4. The van der Waals surface area contributed by atoms with E-state index < -0.39 is 30.6 Å². The molecule has 0 spiro atoms. The van der Waals surface area contributed by atoms with Gasteiger partial charge in [-0.2, -0.15) is 0 Å². The summed E-state index contributed by atoms with van der Waals surface area (Å²) in [6.45, 7) is -0.216. The predicted molar refractivity (Wildman–Crippen MR) is 164 cm³/mol. The number of benzene rings is 3. The minimum Gasteiger partial charge on any atom is -0.479 e.